The van der Waals surface area contributed by atoms with E-state index >= 15 is 0 Å². The van der Waals surface area contributed by atoms with E-state index < -0.39 is 5.91 Å². The van der Waals surface area contributed by atoms with Gasteiger partial charge in [0.05, 0.1) is 25.3 Å². The molecule has 1 amide bonds. The lowest BCUT2D eigenvalue weighted by atomic mass is 10.1. The monoisotopic (exact) mass is 449 g/mol. The lowest BCUT2D eigenvalue weighted by molar-refractivity contribution is 0.102. The van der Waals surface area contributed by atoms with Gasteiger partial charge in [-0.05, 0) is 36.8 Å². The third-order valence-corrected chi connectivity index (χ3v) is 5.47. The Morgan fingerprint density at radius 3 is 2.34 bits per heavy atom. The average molecular weight is 450 g/mol. The number of halogens is 1. The highest BCUT2D eigenvalue weighted by molar-refractivity contribution is 6.31. The molecule has 162 valence electrons. The number of ether oxygens (including phenoxy) is 2. The van der Waals surface area contributed by atoms with Crippen molar-refractivity contribution in [3.63, 3.8) is 0 Å². The van der Waals surface area contributed by atoms with Crippen LogP contribution >= 0.6 is 11.6 Å². The van der Waals surface area contributed by atoms with Gasteiger partial charge >= 0.3 is 0 Å². The van der Waals surface area contributed by atoms with Gasteiger partial charge in [0.25, 0.3) is 11.5 Å². The summed E-state index contributed by atoms with van der Waals surface area (Å²) in [6.07, 6.45) is 0. The summed E-state index contributed by atoms with van der Waals surface area (Å²) >= 11 is 6.18. The second kappa shape index (κ2) is 8.72. The first kappa shape index (κ1) is 21.4. The summed E-state index contributed by atoms with van der Waals surface area (Å²) in [6, 6.07) is 17.2. The standard InChI is InChI=1S/C24H20ClN3O4/c1-14-12-18(21(32-3)13-17(14)25)26-23(29)22-15-8-4-5-9-16(15)24(30)28(27-22)19-10-6-7-11-20(19)31-2/h4-13H,1-3H3,(H,26,29). The summed E-state index contributed by atoms with van der Waals surface area (Å²) in [5.41, 5.74) is 1.38. The van der Waals surface area contributed by atoms with Gasteiger partial charge in [-0.1, -0.05) is 41.9 Å². The normalized spacial score (nSPS) is 10.8. The third kappa shape index (κ3) is 3.78. The van der Waals surface area contributed by atoms with Crippen LogP contribution in [-0.2, 0) is 0 Å². The zero-order valence-corrected chi connectivity index (χ0v) is 18.4. The SMILES string of the molecule is COc1cc(Cl)c(C)cc1NC(=O)c1nn(-c2ccccc2OC)c(=O)c2ccccc12. The van der Waals surface area contributed by atoms with Gasteiger partial charge in [0, 0.05) is 16.5 Å². The molecule has 4 rings (SSSR count). The highest BCUT2D eigenvalue weighted by Crippen LogP contribution is 2.31. The fourth-order valence-corrected chi connectivity index (χ4v) is 3.59. The van der Waals surface area contributed by atoms with Gasteiger partial charge in [0.1, 0.15) is 17.2 Å². The number of rotatable bonds is 5. The van der Waals surface area contributed by atoms with Crippen LogP contribution in [0.25, 0.3) is 16.5 Å². The summed E-state index contributed by atoms with van der Waals surface area (Å²) in [6.45, 7) is 1.83. The number of aromatic nitrogens is 2. The minimum atomic E-state index is -0.495. The number of carbonyl (C=O) groups is 1. The Morgan fingerprint density at radius 2 is 1.62 bits per heavy atom. The number of aryl methyl sites for hydroxylation is 1. The van der Waals surface area contributed by atoms with Gasteiger partial charge in [-0.2, -0.15) is 9.78 Å². The molecule has 0 bridgehead atoms. The maximum Gasteiger partial charge on any atom is 0.279 e. The summed E-state index contributed by atoms with van der Waals surface area (Å²) in [5, 5.41) is 8.57. The molecule has 3 aromatic carbocycles. The summed E-state index contributed by atoms with van der Waals surface area (Å²) in [5.74, 6) is 0.375. The van der Waals surface area contributed by atoms with E-state index in [1.54, 1.807) is 60.7 Å². The minimum Gasteiger partial charge on any atom is -0.495 e. The number of benzene rings is 3. The highest BCUT2D eigenvalue weighted by Gasteiger charge is 2.20. The lowest BCUT2D eigenvalue weighted by Crippen LogP contribution is -2.27. The van der Waals surface area contributed by atoms with Crippen molar-refractivity contribution < 1.29 is 14.3 Å². The number of fused-ring (bicyclic) bond motifs is 1. The second-order valence-electron chi connectivity index (χ2n) is 7.04. The topological polar surface area (TPSA) is 82.4 Å². The maximum atomic E-state index is 13.3. The molecule has 0 fully saturated rings. The van der Waals surface area contributed by atoms with Crippen molar-refractivity contribution in [1.82, 2.24) is 9.78 Å². The molecule has 4 aromatic rings. The molecule has 7 nitrogen and oxygen atoms in total. The Hall–Kier alpha value is -3.84. The van der Waals surface area contributed by atoms with Gasteiger partial charge < -0.3 is 14.8 Å². The molecule has 0 saturated carbocycles. The van der Waals surface area contributed by atoms with E-state index in [1.165, 1.54) is 18.9 Å². The van der Waals surface area contributed by atoms with Crippen LogP contribution in [-0.4, -0.2) is 29.9 Å². The van der Waals surface area contributed by atoms with Gasteiger partial charge in [0.15, 0.2) is 5.69 Å². The zero-order chi connectivity index (χ0) is 22.8. The largest absolute Gasteiger partial charge is 0.495 e. The van der Waals surface area contributed by atoms with Crippen molar-refractivity contribution in [3.8, 4) is 17.2 Å². The van der Waals surface area contributed by atoms with E-state index in [0.717, 1.165) is 5.56 Å². The van der Waals surface area contributed by atoms with Crippen LogP contribution in [0, 0.1) is 6.92 Å². The second-order valence-corrected chi connectivity index (χ2v) is 7.45. The molecular formula is C24H20ClN3O4. The fourth-order valence-electron chi connectivity index (χ4n) is 3.44. The number of methoxy groups -OCH3 is 2. The Morgan fingerprint density at radius 1 is 0.969 bits per heavy atom. The van der Waals surface area contributed by atoms with Crippen molar-refractivity contribution in [3.05, 3.63) is 87.3 Å². The van der Waals surface area contributed by atoms with Crippen molar-refractivity contribution in [2.24, 2.45) is 0 Å². The van der Waals surface area contributed by atoms with Crippen LogP contribution in [0.3, 0.4) is 0 Å². The first-order valence-corrected chi connectivity index (χ1v) is 10.1. The highest BCUT2D eigenvalue weighted by atomic mass is 35.5. The molecule has 0 radical (unpaired) electrons. The first-order chi connectivity index (χ1) is 15.4. The molecule has 0 aliphatic heterocycles. The number of hydrogen-bond donors (Lipinski definition) is 1. The average Bonchev–Trinajstić information content (AvgIpc) is 2.81. The van der Waals surface area contributed by atoms with Gasteiger partial charge in [0.2, 0.25) is 0 Å². The Bertz CT molecular complexity index is 1400. The third-order valence-electron chi connectivity index (χ3n) is 5.06. The Labute approximate surface area is 189 Å². The minimum absolute atomic E-state index is 0.0840. The number of anilines is 1. The number of amides is 1. The van der Waals surface area contributed by atoms with E-state index in [1.807, 2.05) is 6.92 Å². The molecule has 0 aliphatic rings. The number of nitrogens with one attached hydrogen (secondary N) is 1. The number of carbonyl (C=O) groups excluding carboxylic acids is 1. The van der Waals surface area contributed by atoms with E-state index in [9.17, 15) is 9.59 Å². The fraction of sp³-hybridized carbons (Fsp3) is 0.125. The van der Waals surface area contributed by atoms with Crippen molar-refractivity contribution in [1.29, 1.82) is 0 Å². The number of hydrogen-bond acceptors (Lipinski definition) is 5. The quantitative estimate of drug-likeness (QED) is 0.481. The Balaban J connectivity index is 1.90. The summed E-state index contributed by atoms with van der Waals surface area (Å²) in [4.78, 5) is 26.5. The predicted octanol–water partition coefficient (Wildman–Crippen LogP) is 4.62. The molecule has 1 aromatic heterocycles. The molecular weight excluding hydrogens is 430 g/mol. The molecule has 1 N–H and O–H groups in total. The molecule has 32 heavy (non-hydrogen) atoms. The van der Waals surface area contributed by atoms with Crippen molar-refractivity contribution in [2.45, 2.75) is 6.92 Å². The summed E-state index contributed by atoms with van der Waals surface area (Å²) in [7, 11) is 3.00. The van der Waals surface area contributed by atoms with Crippen LogP contribution in [0.1, 0.15) is 16.1 Å². The van der Waals surface area contributed by atoms with Gasteiger partial charge in [-0.3, -0.25) is 9.59 Å². The lowest BCUT2D eigenvalue weighted by Gasteiger charge is -2.15. The van der Waals surface area contributed by atoms with Crippen LogP contribution in [0.5, 0.6) is 11.5 Å². The molecule has 0 saturated heterocycles. The first-order valence-electron chi connectivity index (χ1n) is 9.75. The number of nitrogens with zero attached hydrogens (tertiary/aromatic N) is 2. The van der Waals surface area contributed by atoms with Crippen LogP contribution in [0.2, 0.25) is 5.02 Å². The van der Waals surface area contributed by atoms with Crippen LogP contribution in [0.4, 0.5) is 5.69 Å². The van der Waals surface area contributed by atoms with Gasteiger partial charge in [-0.25, -0.2) is 0 Å². The Kier molecular flexibility index (Phi) is 5.83. The molecule has 0 spiro atoms. The van der Waals surface area contributed by atoms with E-state index in [4.69, 9.17) is 21.1 Å². The number of para-hydroxylation sites is 2. The molecule has 0 unspecified atom stereocenters. The predicted molar refractivity (Wildman–Crippen MR) is 125 cm³/mol. The van der Waals surface area contributed by atoms with E-state index in [0.29, 0.717) is 38.7 Å². The van der Waals surface area contributed by atoms with E-state index in [-0.39, 0.29) is 11.3 Å². The molecule has 1 heterocycles. The van der Waals surface area contributed by atoms with Crippen LogP contribution < -0.4 is 20.3 Å². The molecule has 0 aliphatic carbocycles. The van der Waals surface area contributed by atoms with Crippen molar-refractivity contribution >= 4 is 34.0 Å². The smallest absolute Gasteiger partial charge is 0.279 e. The molecule has 0 atom stereocenters. The van der Waals surface area contributed by atoms with Gasteiger partial charge in [-0.15, -0.1) is 0 Å². The molecule has 8 heteroatoms. The zero-order valence-electron chi connectivity index (χ0n) is 17.7. The summed E-state index contributed by atoms with van der Waals surface area (Å²) < 4.78 is 11.9. The maximum absolute atomic E-state index is 13.3. The van der Waals surface area contributed by atoms with Crippen molar-refractivity contribution in [2.75, 3.05) is 19.5 Å². The van der Waals surface area contributed by atoms with Crippen LogP contribution in [0.15, 0.2) is 65.5 Å². The van der Waals surface area contributed by atoms with E-state index in [2.05, 4.69) is 10.4 Å².